The largest absolute Gasteiger partial charge is 0.338 e. The maximum atomic E-state index is 12.6. The summed E-state index contributed by atoms with van der Waals surface area (Å²) in [6.07, 6.45) is 7.30. The molecular weight excluding hydrogens is 234 g/mol. The summed E-state index contributed by atoms with van der Waals surface area (Å²) in [7, 11) is 0. The zero-order valence-electron chi connectivity index (χ0n) is 11.8. The monoisotopic (exact) mass is 257 g/mol. The Kier molecular flexibility index (Phi) is 3.58. The van der Waals surface area contributed by atoms with Gasteiger partial charge in [-0.2, -0.15) is 0 Å². The fourth-order valence-corrected chi connectivity index (χ4v) is 3.42. The molecule has 102 valence electrons. The van der Waals surface area contributed by atoms with Crippen molar-refractivity contribution in [1.29, 1.82) is 0 Å². The fourth-order valence-electron chi connectivity index (χ4n) is 3.42. The van der Waals surface area contributed by atoms with E-state index in [2.05, 4.69) is 19.1 Å². The van der Waals surface area contributed by atoms with Gasteiger partial charge in [0.25, 0.3) is 5.91 Å². The number of rotatable bonds is 1. The fraction of sp³-hybridized carbons (Fsp3) is 0.588. The van der Waals surface area contributed by atoms with Crippen LogP contribution in [-0.2, 0) is 12.8 Å². The predicted molar refractivity (Wildman–Crippen MR) is 77.4 cm³/mol. The highest BCUT2D eigenvalue weighted by molar-refractivity contribution is 5.94. The summed E-state index contributed by atoms with van der Waals surface area (Å²) in [6, 6.07) is 6.36. The second kappa shape index (κ2) is 5.36. The molecule has 2 heteroatoms. The highest BCUT2D eigenvalue weighted by Gasteiger charge is 2.22. The smallest absolute Gasteiger partial charge is 0.253 e. The Hall–Kier alpha value is -1.31. The van der Waals surface area contributed by atoms with Gasteiger partial charge in [-0.1, -0.05) is 13.0 Å². The van der Waals surface area contributed by atoms with Crippen LogP contribution in [0.2, 0.25) is 0 Å². The average Bonchev–Trinajstić information content (AvgIpc) is 2.46. The molecule has 1 amide bonds. The lowest BCUT2D eigenvalue weighted by Gasteiger charge is -2.31. The van der Waals surface area contributed by atoms with E-state index in [-0.39, 0.29) is 5.91 Å². The highest BCUT2D eigenvalue weighted by atomic mass is 16.2. The first-order valence-electron chi connectivity index (χ1n) is 7.65. The van der Waals surface area contributed by atoms with Crippen molar-refractivity contribution in [2.45, 2.75) is 45.4 Å². The van der Waals surface area contributed by atoms with E-state index in [1.807, 2.05) is 11.0 Å². The van der Waals surface area contributed by atoms with Crippen molar-refractivity contribution in [2.75, 3.05) is 13.1 Å². The molecule has 1 aromatic rings. The Morgan fingerprint density at radius 1 is 1.16 bits per heavy atom. The number of hydrogen-bond acceptors (Lipinski definition) is 1. The summed E-state index contributed by atoms with van der Waals surface area (Å²) in [6.45, 7) is 4.10. The van der Waals surface area contributed by atoms with Gasteiger partial charge in [0, 0.05) is 18.7 Å². The predicted octanol–water partition coefficient (Wildman–Crippen LogP) is 3.44. The van der Waals surface area contributed by atoms with Crippen molar-refractivity contribution in [2.24, 2.45) is 5.92 Å². The van der Waals surface area contributed by atoms with Gasteiger partial charge in [0.2, 0.25) is 0 Å². The topological polar surface area (TPSA) is 20.3 Å². The van der Waals surface area contributed by atoms with Crippen LogP contribution in [0.4, 0.5) is 0 Å². The number of aryl methyl sites for hydroxylation is 2. The normalized spacial score (nSPS) is 23.0. The first kappa shape index (κ1) is 12.7. The Labute approximate surface area is 115 Å². The number of benzene rings is 1. The van der Waals surface area contributed by atoms with Gasteiger partial charge in [-0.15, -0.1) is 0 Å². The second-order valence-electron chi connectivity index (χ2n) is 6.19. The van der Waals surface area contributed by atoms with Crippen LogP contribution in [0.15, 0.2) is 18.2 Å². The number of fused-ring (bicyclic) bond motifs is 1. The molecule has 19 heavy (non-hydrogen) atoms. The average molecular weight is 257 g/mol. The number of carbonyl (C=O) groups is 1. The van der Waals surface area contributed by atoms with Crippen molar-refractivity contribution < 1.29 is 4.79 Å². The minimum Gasteiger partial charge on any atom is -0.338 e. The molecule has 0 radical (unpaired) electrons. The van der Waals surface area contributed by atoms with E-state index in [0.717, 1.165) is 31.5 Å². The molecule has 1 heterocycles. The van der Waals surface area contributed by atoms with Crippen molar-refractivity contribution >= 4 is 5.91 Å². The number of nitrogens with zero attached hydrogens (tertiary/aromatic N) is 1. The minimum atomic E-state index is 0.236. The summed E-state index contributed by atoms with van der Waals surface area (Å²) in [5.41, 5.74) is 3.76. The molecule has 1 fully saturated rings. The van der Waals surface area contributed by atoms with E-state index in [1.165, 1.54) is 36.8 Å². The molecule has 0 saturated carbocycles. The summed E-state index contributed by atoms with van der Waals surface area (Å²) >= 11 is 0. The Morgan fingerprint density at radius 3 is 2.74 bits per heavy atom. The van der Waals surface area contributed by atoms with Gasteiger partial charge >= 0.3 is 0 Å². The summed E-state index contributed by atoms with van der Waals surface area (Å²) < 4.78 is 0. The van der Waals surface area contributed by atoms with E-state index in [1.54, 1.807) is 0 Å². The van der Waals surface area contributed by atoms with Crippen LogP contribution in [0, 0.1) is 5.92 Å². The molecule has 0 bridgehead atoms. The minimum absolute atomic E-state index is 0.236. The van der Waals surface area contributed by atoms with Gasteiger partial charge in [0.05, 0.1) is 0 Å². The van der Waals surface area contributed by atoms with Crippen LogP contribution in [-0.4, -0.2) is 23.9 Å². The summed E-state index contributed by atoms with van der Waals surface area (Å²) in [5.74, 6) is 0.884. The number of piperidine rings is 1. The first-order chi connectivity index (χ1) is 9.24. The van der Waals surface area contributed by atoms with Gasteiger partial charge in [0.15, 0.2) is 0 Å². The van der Waals surface area contributed by atoms with Crippen molar-refractivity contribution in [3.63, 3.8) is 0 Å². The first-order valence-corrected chi connectivity index (χ1v) is 7.65. The molecular formula is C17H23NO. The zero-order valence-corrected chi connectivity index (χ0v) is 11.8. The number of hydrogen-bond donors (Lipinski definition) is 0. The molecule has 1 atom stereocenters. The zero-order chi connectivity index (χ0) is 13.2. The maximum Gasteiger partial charge on any atom is 0.253 e. The van der Waals surface area contributed by atoms with E-state index in [4.69, 9.17) is 0 Å². The SMILES string of the molecule is CC1CCCN(C(=O)c2ccc3c(c2)CCCC3)C1. The standard InChI is InChI=1S/C17H23NO/c1-13-5-4-10-18(12-13)17(19)16-9-8-14-6-2-3-7-15(14)11-16/h8-9,11,13H,2-7,10,12H2,1H3. The van der Waals surface area contributed by atoms with Gasteiger partial charge in [0.1, 0.15) is 0 Å². The summed E-state index contributed by atoms with van der Waals surface area (Å²) in [5, 5.41) is 0. The van der Waals surface area contributed by atoms with Gasteiger partial charge < -0.3 is 4.90 Å². The van der Waals surface area contributed by atoms with Crippen LogP contribution >= 0.6 is 0 Å². The van der Waals surface area contributed by atoms with Crippen LogP contribution in [0.3, 0.4) is 0 Å². The van der Waals surface area contributed by atoms with Crippen LogP contribution in [0.5, 0.6) is 0 Å². The molecule has 1 aliphatic heterocycles. The van der Waals surface area contributed by atoms with Crippen LogP contribution in [0.25, 0.3) is 0 Å². The maximum absolute atomic E-state index is 12.6. The lowest BCUT2D eigenvalue weighted by atomic mass is 9.90. The summed E-state index contributed by atoms with van der Waals surface area (Å²) in [4.78, 5) is 14.6. The molecule has 0 N–H and O–H groups in total. The van der Waals surface area contributed by atoms with E-state index in [9.17, 15) is 4.79 Å². The molecule has 1 aliphatic carbocycles. The molecule has 2 nitrogen and oxygen atoms in total. The molecule has 1 unspecified atom stereocenters. The molecule has 2 aliphatic rings. The van der Waals surface area contributed by atoms with Crippen LogP contribution < -0.4 is 0 Å². The molecule has 1 saturated heterocycles. The quantitative estimate of drug-likeness (QED) is 0.754. The van der Waals surface area contributed by atoms with Crippen molar-refractivity contribution in [3.8, 4) is 0 Å². The van der Waals surface area contributed by atoms with Gasteiger partial charge in [-0.25, -0.2) is 0 Å². The highest BCUT2D eigenvalue weighted by Crippen LogP contribution is 2.24. The van der Waals surface area contributed by atoms with E-state index in [0.29, 0.717) is 5.92 Å². The Balaban J connectivity index is 1.79. The third-order valence-electron chi connectivity index (χ3n) is 4.54. The molecule has 0 aromatic heterocycles. The number of carbonyl (C=O) groups excluding carboxylic acids is 1. The Bertz CT molecular complexity index is 480. The number of amides is 1. The third-order valence-corrected chi connectivity index (χ3v) is 4.54. The second-order valence-corrected chi connectivity index (χ2v) is 6.19. The van der Waals surface area contributed by atoms with Gasteiger partial charge in [-0.3, -0.25) is 4.79 Å². The van der Waals surface area contributed by atoms with Crippen LogP contribution in [0.1, 0.15) is 54.1 Å². The number of likely N-dealkylation sites (tertiary alicyclic amines) is 1. The molecule has 1 aromatic carbocycles. The molecule has 0 spiro atoms. The molecule has 3 rings (SSSR count). The Morgan fingerprint density at radius 2 is 1.95 bits per heavy atom. The van der Waals surface area contributed by atoms with Crippen molar-refractivity contribution in [3.05, 3.63) is 34.9 Å². The van der Waals surface area contributed by atoms with E-state index >= 15 is 0 Å². The van der Waals surface area contributed by atoms with E-state index < -0.39 is 0 Å². The lowest BCUT2D eigenvalue weighted by molar-refractivity contribution is 0.0683. The van der Waals surface area contributed by atoms with Gasteiger partial charge in [-0.05, 0) is 67.7 Å². The lowest BCUT2D eigenvalue weighted by Crippen LogP contribution is -2.39. The van der Waals surface area contributed by atoms with Crippen molar-refractivity contribution in [1.82, 2.24) is 4.90 Å². The third kappa shape index (κ3) is 2.68.